The first-order valence-corrected chi connectivity index (χ1v) is 8.63. The van der Waals surface area contributed by atoms with Crippen LogP contribution in [0.3, 0.4) is 0 Å². The number of anilines is 1. The van der Waals surface area contributed by atoms with Crippen molar-refractivity contribution in [2.24, 2.45) is 0 Å². The van der Waals surface area contributed by atoms with Crippen LogP contribution in [0.2, 0.25) is 0 Å². The Morgan fingerprint density at radius 2 is 1.52 bits per heavy atom. The average Bonchev–Trinajstić information content (AvgIpc) is 2.94. The molecular weight excluding hydrogens is 264 g/mol. The van der Waals surface area contributed by atoms with Gasteiger partial charge in [0.25, 0.3) is 0 Å². The van der Waals surface area contributed by atoms with Crippen molar-refractivity contribution in [3.63, 3.8) is 0 Å². The lowest BCUT2D eigenvalue weighted by Crippen LogP contribution is -2.13. The maximum atomic E-state index is 5.51. The number of rotatable bonds is 14. The standard InChI is InChI=1S/C16H32N4O/c1-3-5-6-7-8-9-10-11-13-18-16-20-19-15(21-16)14-17-12-4-2/h17H,3-14H2,1-2H3,(H,18,20). The molecule has 0 saturated carbocycles. The Hall–Kier alpha value is -1.10. The fraction of sp³-hybridized carbons (Fsp3) is 0.875. The predicted molar refractivity (Wildman–Crippen MR) is 87.4 cm³/mol. The van der Waals surface area contributed by atoms with Gasteiger partial charge in [-0.1, -0.05) is 63.9 Å². The quantitative estimate of drug-likeness (QED) is 0.506. The molecule has 0 aromatic carbocycles. The minimum absolute atomic E-state index is 0.547. The third-order valence-electron chi connectivity index (χ3n) is 3.48. The van der Waals surface area contributed by atoms with Crippen molar-refractivity contribution >= 4 is 6.01 Å². The Morgan fingerprint density at radius 1 is 0.810 bits per heavy atom. The summed E-state index contributed by atoms with van der Waals surface area (Å²) in [5.41, 5.74) is 0. The zero-order valence-electron chi connectivity index (χ0n) is 13.8. The van der Waals surface area contributed by atoms with Gasteiger partial charge >= 0.3 is 6.01 Å². The van der Waals surface area contributed by atoms with Gasteiger partial charge in [-0.3, -0.25) is 0 Å². The second kappa shape index (κ2) is 12.6. The number of nitrogens with zero attached hydrogens (tertiary/aromatic N) is 2. The number of hydrogen-bond donors (Lipinski definition) is 2. The molecule has 0 radical (unpaired) electrons. The Bertz CT molecular complexity index is 341. The summed E-state index contributed by atoms with van der Waals surface area (Å²) in [6.07, 6.45) is 11.7. The summed E-state index contributed by atoms with van der Waals surface area (Å²) in [7, 11) is 0. The van der Waals surface area contributed by atoms with Crippen molar-refractivity contribution in [3.8, 4) is 0 Å². The van der Waals surface area contributed by atoms with Gasteiger partial charge in [0.05, 0.1) is 6.54 Å². The van der Waals surface area contributed by atoms with Gasteiger partial charge in [-0.15, -0.1) is 5.10 Å². The fourth-order valence-corrected chi connectivity index (χ4v) is 2.22. The van der Waals surface area contributed by atoms with E-state index in [0.29, 0.717) is 18.5 Å². The Labute approximate surface area is 129 Å². The molecule has 0 amide bonds. The van der Waals surface area contributed by atoms with Crippen LogP contribution < -0.4 is 10.6 Å². The highest BCUT2D eigenvalue weighted by molar-refractivity contribution is 5.16. The van der Waals surface area contributed by atoms with Crippen molar-refractivity contribution < 1.29 is 4.42 Å². The van der Waals surface area contributed by atoms with Gasteiger partial charge in [-0.25, -0.2) is 0 Å². The zero-order chi connectivity index (χ0) is 15.2. The Balaban J connectivity index is 1.95. The highest BCUT2D eigenvalue weighted by Crippen LogP contribution is 2.09. The largest absolute Gasteiger partial charge is 0.407 e. The molecule has 0 aliphatic carbocycles. The maximum absolute atomic E-state index is 5.51. The number of unbranched alkanes of at least 4 members (excludes halogenated alkanes) is 7. The second-order valence-electron chi connectivity index (χ2n) is 5.58. The zero-order valence-corrected chi connectivity index (χ0v) is 13.8. The SMILES string of the molecule is CCCCCCCCCCNc1nnc(CNCCC)o1. The van der Waals surface area contributed by atoms with Crippen molar-refractivity contribution in [3.05, 3.63) is 5.89 Å². The molecule has 1 heterocycles. The summed E-state index contributed by atoms with van der Waals surface area (Å²) in [5.74, 6) is 0.655. The van der Waals surface area contributed by atoms with Crippen molar-refractivity contribution in [1.82, 2.24) is 15.5 Å². The van der Waals surface area contributed by atoms with E-state index >= 15 is 0 Å². The first-order valence-electron chi connectivity index (χ1n) is 8.63. The van der Waals surface area contributed by atoms with E-state index in [9.17, 15) is 0 Å². The van der Waals surface area contributed by atoms with Gasteiger partial charge in [0, 0.05) is 6.54 Å². The molecule has 0 atom stereocenters. The monoisotopic (exact) mass is 296 g/mol. The number of aromatic nitrogens is 2. The molecule has 5 heteroatoms. The molecule has 0 saturated heterocycles. The summed E-state index contributed by atoms with van der Waals surface area (Å²) in [4.78, 5) is 0. The molecule has 5 nitrogen and oxygen atoms in total. The Morgan fingerprint density at radius 3 is 2.24 bits per heavy atom. The smallest absolute Gasteiger partial charge is 0.315 e. The van der Waals surface area contributed by atoms with Crippen LogP contribution >= 0.6 is 0 Å². The van der Waals surface area contributed by atoms with Gasteiger partial charge < -0.3 is 15.1 Å². The summed E-state index contributed by atoms with van der Waals surface area (Å²) >= 11 is 0. The summed E-state index contributed by atoms with van der Waals surface area (Å²) in [6.45, 7) is 6.94. The fourth-order valence-electron chi connectivity index (χ4n) is 2.22. The third-order valence-corrected chi connectivity index (χ3v) is 3.48. The second-order valence-corrected chi connectivity index (χ2v) is 5.58. The van der Waals surface area contributed by atoms with Gasteiger partial charge in [0.2, 0.25) is 5.89 Å². The molecule has 0 spiro atoms. The van der Waals surface area contributed by atoms with E-state index < -0.39 is 0 Å². The van der Waals surface area contributed by atoms with E-state index in [2.05, 4.69) is 34.7 Å². The molecule has 1 aromatic rings. The van der Waals surface area contributed by atoms with Crippen LogP contribution in [0, 0.1) is 0 Å². The molecule has 0 fully saturated rings. The first-order chi connectivity index (χ1) is 10.4. The molecule has 0 unspecified atom stereocenters. The van der Waals surface area contributed by atoms with Crippen LogP contribution in [-0.2, 0) is 6.54 Å². The van der Waals surface area contributed by atoms with Crippen LogP contribution in [0.15, 0.2) is 4.42 Å². The lowest BCUT2D eigenvalue weighted by atomic mass is 10.1. The highest BCUT2D eigenvalue weighted by atomic mass is 16.4. The molecule has 1 aromatic heterocycles. The maximum Gasteiger partial charge on any atom is 0.315 e. The molecule has 2 N–H and O–H groups in total. The molecular formula is C16H32N4O. The van der Waals surface area contributed by atoms with E-state index in [-0.39, 0.29) is 0 Å². The summed E-state index contributed by atoms with van der Waals surface area (Å²) in [6, 6.07) is 0.547. The topological polar surface area (TPSA) is 63.0 Å². The van der Waals surface area contributed by atoms with Gasteiger partial charge in [-0.2, -0.15) is 0 Å². The first kappa shape index (κ1) is 18.0. The van der Waals surface area contributed by atoms with Crippen molar-refractivity contribution in [1.29, 1.82) is 0 Å². The van der Waals surface area contributed by atoms with Gasteiger partial charge in [0.15, 0.2) is 0 Å². The molecule has 0 aliphatic heterocycles. The normalized spacial score (nSPS) is 11.0. The van der Waals surface area contributed by atoms with E-state index in [0.717, 1.165) is 19.5 Å². The van der Waals surface area contributed by atoms with Crippen LogP contribution in [0.1, 0.15) is 77.5 Å². The highest BCUT2D eigenvalue weighted by Gasteiger charge is 2.04. The van der Waals surface area contributed by atoms with Crippen LogP contribution in [0.25, 0.3) is 0 Å². The van der Waals surface area contributed by atoms with E-state index in [1.165, 1.54) is 51.4 Å². The number of nitrogens with one attached hydrogen (secondary N) is 2. The van der Waals surface area contributed by atoms with Gasteiger partial charge in [-0.05, 0) is 19.4 Å². The summed E-state index contributed by atoms with van der Waals surface area (Å²) in [5, 5.41) is 14.4. The molecule has 0 aliphatic rings. The van der Waals surface area contributed by atoms with E-state index in [4.69, 9.17) is 4.42 Å². The third kappa shape index (κ3) is 9.45. The summed E-state index contributed by atoms with van der Waals surface area (Å²) < 4.78 is 5.51. The van der Waals surface area contributed by atoms with Crippen LogP contribution in [-0.4, -0.2) is 23.3 Å². The molecule has 21 heavy (non-hydrogen) atoms. The predicted octanol–water partition coefficient (Wildman–Crippen LogP) is 4.12. The minimum Gasteiger partial charge on any atom is -0.407 e. The van der Waals surface area contributed by atoms with Gasteiger partial charge in [0.1, 0.15) is 0 Å². The lowest BCUT2D eigenvalue weighted by molar-refractivity contribution is 0.476. The average molecular weight is 296 g/mol. The molecule has 122 valence electrons. The molecule has 0 bridgehead atoms. The van der Waals surface area contributed by atoms with Crippen LogP contribution in [0.5, 0.6) is 0 Å². The lowest BCUT2D eigenvalue weighted by Gasteiger charge is -2.02. The Kier molecular flexibility index (Phi) is 10.8. The van der Waals surface area contributed by atoms with E-state index in [1.807, 2.05) is 0 Å². The molecule has 1 rings (SSSR count). The minimum atomic E-state index is 0.547. The van der Waals surface area contributed by atoms with Crippen molar-refractivity contribution in [2.75, 3.05) is 18.4 Å². The van der Waals surface area contributed by atoms with E-state index in [1.54, 1.807) is 0 Å². The number of hydrogen-bond acceptors (Lipinski definition) is 5. The van der Waals surface area contributed by atoms with Crippen molar-refractivity contribution in [2.45, 2.75) is 78.2 Å². The van der Waals surface area contributed by atoms with Crippen LogP contribution in [0.4, 0.5) is 6.01 Å².